The van der Waals surface area contributed by atoms with Crippen molar-refractivity contribution in [2.75, 3.05) is 14.2 Å². The number of hydrogen-bond donors (Lipinski definition) is 1. The third-order valence-electron chi connectivity index (χ3n) is 3.00. The van der Waals surface area contributed by atoms with Gasteiger partial charge in [-0.15, -0.1) is 0 Å². The molecule has 0 saturated heterocycles. The van der Waals surface area contributed by atoms with E-state index in [0.717, 1.165) is 20.8 Å². The Balaban J connectivity index is 2.26. The first-order valence-corrected chi connectivity index (χ1v) is 7.28. The molecule has 6 heteroatoms. The lowest BCUT2D eigenvalue weighted by atomic mass is 10.0. The monoisotopic (exact) mass is 355 g/mol. The maximum Gasteiger partial charge on any atom is 0.216 e. The highest BCUT2D eigenvalue weighted by molar-refractivity contribution is 9.10. The fraction of sp³-hybridized carbons (Fsp3) is 0.286. The predicted molar refractivity (Wildman–Crippen MR) is 83.2 cm³/mol. The number of benzene rings is 1. The molecule has 2 aromatic rings. The van der Waals surface area contributed by atoms with Crippen LogP contribution in [0.15, 0.2) is 35.1 Å². The van der Waals surface area contributed by atoms with Gasteiger partial charge < -0.3 is 10.1 Å². The molecule has 1 aromatic heterocycles. The summed E-state index contributed by atoms with van der Waals surface area (Å²) in [6.45, 7) is 0. The van der Waals surface area contributed by atoms with Crippen LogP contribution in [0.25, 0.3) is 0 Å². The zero-order valence-corrected chi connectivity index (χ0v) is 13.6. The number of rotatable bonds is 5. The van der Waals surface area contributed by atoms with Gasteiger partial charge in [0.2, 0.25) is 5.88 Å². The molecule has 0 fully saturated rings. The summed E-state index contributed by atoms with van der Waals surface area (Å²) in [4.78, 5) is 8.27. The number of methoxy groups -OCH3 is 1. The van der Waals surface area contributed by atoms with E-state index in [2.05, 4.69) is 31.2 Å². The van der Waals surface area contributed by atoms with Crippen LogP contribution in [0.4, 0.5) is 0 Å². The average molecular weight is 357 g/mol. The predicted octanol–water partition coefficient (Wildman–Crippen LogP) is 3.40. The SMILES string of the molecule is CNC(Cc1cc(OC)ncn1)c1cc(Br)ccc1Cl. The summed E-state index contributed by atoms with van der Waals surface area (Å²) < 4.78 is 6.11. The molecule has 20 heavy (non-hydrogen) atoms. The summed E-state index contributed by atoms with van der Waals surface area (Å²) in [5.41, 5.74) is 1.92. The van der Waals surface area contributed by atoms with Crippen LogP contribution >= 0.6 is 27.5 Å². The molecule has 0 radical (unpaired) electrons. The Kier molecular flexibility index (Phi) is 5.34. The summed E-state index contributed by atoms with van der Waals surface area (Å²) in [6.07, 6.45) is 2.20. The molecule has 0 bridgehead atoms. The first-order chi connectivity index (χ1) is 9.63. The number of aromatic nitrogens is 2. The van der Waals surface area contributed by atoms with Gasteiger partial charge >= 0.3 is 0 Å². The van der Waals surface area contributed by atoms with Crippen molar-refractivity contribution >= 4 is 27.5 Å². The minimum atomic E-state index is 0.0691. The third kappa shape index (κ3) is 3.69. The van der Waals surface area contributed by atoms with Crippen LogP contribution in [0.2, 0.25) is 5.02 Å². The highest BCUT2D eigenvalue weighted by Crippen LogP contribution is 2.28. The molecule has 0 spiro atoms. The smallest absolute Gasteiger partial charge is 0.216 e. The van der Waals surface area contributed by atoms with Gasteiger partial charge in [0.25, 0.3) is 0 Å². The van der Waals surface area contributed by atoms with E-state index < -0.39 is 0 Å². The summed E-state index contributed by atoms with van der Waals surface area (Å²) in [5.74, 6) is 0.560. The molecular formula is C14H15BrClN3O. The Morgan fingerprint density at radius 2 is 2.15 bits per heavy atom. The van der Waals surface area contributed by atoms with Crippen molar-refractivity contribution < 1.29 is 4.74 Å². The lowest BCUT2D eigenvalue weighted by Gasteiger charge is -2.18. The fourth-order valence-corrected chi connectivity index (χ4v) is 2.59. The fourth-order valence-electron chi connectivity index (χ4n) is 1.96. The second-order valence-electron chi connectivity index (χ2n) is 4.26. The van der Waals surface area contributed by atoms with Gasteiger partial charge in [-0.1, -0.05) is 27.5 Å². The maximum atomic E-state index is 6.28. The molecule has 0 aliphatic heterocycles. The van der Waals surface area contributed by atoms with Gasteiger partial charge in [-0.2, -0.15) is 0 Å². The van der Waals surface area contributed by atoms with Gasteiger partial charge in [-0.3, -0.25) is 0 Å². The lowest BCUT2D eigenvalue weighted by Crippen LogP contribution is -2.20. The third-order valence-corrected chi connectivity index (χ3v) is 3.84. The van der Waals surface area contributed by atoms with Crippen molar-refractivity contribution in [2.24, 2.45) is 0 Å². The summed E-state index contributed by atoms with van der Waals surface area (Å²) in [7, 11) is 3.49. The van der Waals surface area contributed by atoms with Crippen LogP contribution < -0.4 is 10.1 Å². The van der Waals surface area contributed by atoms with Gasteiger partial charge in [0, 0.05) is 33.7 Å². The standard InChI is InChI=1S/C14H15BrClN3O/c1-17-13(11-5-9(15)3-4-12(11)16)6-10-7-14(20-2)19-8-18-10/h3-5,7-8,13,17H,6H2,1-2H3. The molecular weight excluding hydrogens is 342 g/mol. The quantitative estimate of drug-likeness (QED) is 0.892. The van der Waals surface area contributed by atoms with Gasteiger partial charge in [-0.05, 0) is 30.8 Å². The topological polar surface area (TPSA) is 47.0 Å². The minimum Gasteiger partial charge on any atom is -0.481 e. The van der Waals surface area contributed by atoms with Gasteiger partial charge in [0.15, 0.2) is 0 Å². The van der Waals surface area contributed by atoms with Crippen molar-refractivity contribution in [3.05, 3.63) is 51.3 Å². The number of halogens is 2. The van der Waals surface area contributed by atoms with Gasteiger partial charge in [0.1, 0.15) is 6.33 Å². The Bertz CT molecular complexity index is 594. The van der Waals surface area contributed by atoms with E-state index in [0.29, 0.717) is 12.3 Å². The molecule has 0 amide bonds. The van der Waals surface area contributed by atoms with E-state index in [9.17, 15) is 0 Å². The molecule has 1 atom stereocenters. The zero-order valence-electron chi connectivity index (χ0n) is 11.2. The number of ether oxygens (including phenoxy) is 1. The number of likely N-dealkylation sites (N-methyl/N-ethyl adjacent to an activating group) is 1. The van der Waals surface area contributed by atoms with Crippen molar-refractivity contribution in [1.29, 1.82) is 0 Å². The first kappa shape index (κ1) is 15.2. The lowest BCUT2D eigenvalue weighted by molar-refractivity contribution is 0.395. The van der Waals surface area contributed by atoms with Crippen LogP contribution in [0.5, 0.6) is 5.88 Å². The van der Waals surface area contributed by atoms with E-state index in [1.54, 1.807) is 7.11 Å². The first-order valence-electron chi connectivity index (χ1n) is 6.11. The van der Waals surface area contributed by atoms with Crippen LogP contribution in [-0.2, 0) is 6.42 Å². The molecule has 106 valence electrons. The molecule has 0 aliphatic rings. The van der Waals surface area contributed by atoms with Gasteiger partial charge in [-0.25, -0.2) is 9.97 Å². The van der Waals surface area contributed by atoms with E-state index >= 15 is 0 Å². The van der Waals surface area contributed by atoms with Crippen molar-refractivity contribution in [1.82, 2.24) is 15.3 Å². The van der Waals surface area contributed by atoms with Crippen molar-refractivity contribution in [3.8, 4) is 5.88 Å². The second kappa shape index (κ2) is 7.02. The maximum absolute atomic E-state index is 6.28. The zero-order chi connectivity index (χ0) is 14.5. The largest absolute Gasteiger partial charge is 0.481 e. The highest BCUT2D eigenvalue weighted by atomic mass is 79.9. The summed E-state index contributed by atoms with van der Waals surface area (Å²) in [6, 6.07) is 7.72. The highest BCUT2D eigenvalue weighted by Gasteiger charge is 2.15. The van der Waals surface area contributed by atoms with E-state index in [1.807, 2.05) is 31.3 Å². The van der Waals surface area contributed by atoms with Crippen molar-refractivity contribution in [2.45, 2.75) is 12.5 Å². The Morgan fingerprint density at radius 3 is 2.85 bits per heavy atom. The summed E-state index contributed by atoms with van der Waals surface area (Å²) >= 11 is 9.75. The van der Waals surface area contributed by atoms with Crippen molar-refractivity contribution in [3.63, 3.8) is 0 Å². The van der Waals surface area contributed by atoms with Gasteiger partial charge in [0.05, 0.1) is 7.11 Å². The minimum absolute atomic E-state index is 0.0691. The number of nitrogens with one attached hydrogen (secondary N) is 1. The average Bonchev–Trinajstić information content (AvgIpc) is 2.47. The molecule has 0 aliphatic carbocycles. The Hall–Kier alpha value is -1.17. The normalized spacial score (nSPS) is 12.2. The molecule has 1 N–H and O–H groups in total. The van der Waals surface area contributed by atoms with E-state index in [1.165, 1.54) is 6.33 Å². The molecule has 4 nitrogen and oxygen atoms in total. The van der Waals surface area contributed by atoms with Crippen LogP contribution in [-0.4, -0.2) is 24.1 Å². The van der Waals surface area contributed by atoms with E-state index in [-0.39, 0.29) is 6.04 Å². The van der Waals surface area contributed by atoms with Crippen LogP contribution in [0.3, 0.4) is 0 Å². The molecule has 1 aromatic carbocycles. The Labute approximate surface area is 131 Å². The Morgan fingerprint density at radius 1 is 1.35 bits per heavy atom. The molecule has 0 saturated carbocycles. The number of hydrogen-bond acceptors (Lipinski definition) is 4. The van der Waals surface area contributed by atoms with Crippen LogP contribution in [0, 0.1) is 0 Å². The molecule has 1 heterocycles. The molecule has 1 unspecified atom stereocenters. The number of nitrogens with zero attached hydrogens (tertiary/aromatic N) is 2. The molecule has 2 rings (SSSR count). The summed E-state index contributed by atoms with van der Waals surface area (Å²) in [5, 5.41) is 4.00. The van der Waals surface area contributed by atoms with Crippen LogP contribution in [0.1, 0.15) is 17.3 Å². The second-order valence-corrected chi connectivity index (χ2v) is 5.59. The van der Waals surface area contributed by atoms with E-state index in [4.69, 9.17) is 16.3 Å².